The molecule has 0 unspecified atom stereocenters. The molecule has 6 nitrogen and oxygen atoms in total. The lowest BCUT2D eigenvalue weighted by atomic mass is 10.0. The predicted octanol–water partition coefficient (Wildman–Crippen LogP) is 1.29. The van der Waals surface area contributed by atoms with Crippen molar-refractivity contribution in [2.24, 2.45) is 11.7 Å². The number of sulfonamides is 1. The molecule has 1 rings (SSSR count). The number of hydrogen-bond donors (Lipinski definition) is 1. The second-order valence-electron chi connectivity index (χ2n) is 4.87. The van der Waals surface area contributed by atoms with Crippen LogP contribution in [0.25, 0.3) is 0 Å². The molecule has 0 saturated carbocycles. The molecule has 0 aliphatic rings. The van der Waals surface area contributed by atoms with E-state index in [0.717, 1.165) is 12.8 Å². The fourth-order valence-electron chi connectivity index (χ4n) is 2.11. The molecule has 7 heteroatoms. The largest absolute Gasteiger partial charge is 0.329 e. The zero-order chi connectivity index (χ0) is 15.2. The number of hydrogen-bond acceptors (Lipinski definition) is 4. The molecule has 0 aliphatic carbocycles. The highest BCUT2D eigenvalue weighted by Gasteiger charge is 2.26. The molecular formula is C13H26N4O2S. The fourth-order valence-corrected chi connectivity index (χ4v) is 3.59. The topological polar surface area (TPSA) is 81.2 Å². The maximum absolute atomic E-state index is 12.6. The Hall–Kier alpha value is -0.920. The van der Waals surface area contributed by atoms with Crippen LogP contribution in [0.2, 0.25) is 0 Å². The Labute approximate surface area is 122 Å². The van der Waals surface area contributed by atoms with Gasteiger partial charge in [-0.25, -0.2) is 8.42 Å². The third kappa shape index (κ3) is 4.04. The molecule has 0 bridgehead atoms. The third-order valence-electron chi connectivity index (χ3n) is 3.57. The van der Waals surface area contributed by atoms with Crippen molar-refractivity contribution in [1.82, 2.24) is 14.1 Å². The van der Waals surface area contributed by atoms with Gasteiger partial charge in [-0.15, -0.1) is 0 Å². The van der Waals surface area contributed by atoms with Crippen LogP contribution in [-0.4, -0.2) is 42.1 Å². The lowest BCUT2D eigenvalue weighted by Crippen LogP contribution is -2.35. The van der Waals surface area contributed by atoms with Gasteiger partial charge < -0.3 is 5.73 Å². The third-order valence-corrected chi connectivity index (χ3v) is 5.47. The summed E-state index contributed by atoms with van der Waals surface area (Å²) >= 11 is 0. The minimum atomic E-state index is -3.45. The maximum Gasteiger partial charge on any atom is 0.246 e. The first kappa shape index (κ1) is 17.1. The van der Waals surface area contributed by atoms with Crippen LogP contribution in [0.3, 0.4) is 0 Å². The molecular weight excluding hydrogens is 276 g/mol. The van der Waals surface area contributed by atoms with E-state index in [1.807, 2.05) is 6.92 Å². The standard InChI is InChI=1S/C13H26N4O2S/c1-4-12(5-2)10-17(6-3)20(18,19)13-9-15-16(11-13)8-7-14/h9,11-12H,4-8,10,14H2,1-3H3. The Morgan fingerprint density at radius 1 is 1.35 bits per heavy atom. The summed E-state index contributed by atoms with van der Waals surface area (Å²) in [5.41, 5.74) is 5.45. The van der Waals surface area contributed by atoms with Crippen LogP contribution < -0.4 is 5.73 Å². The van der Waals surface area contributed by atoms with Gasteiger partial charge in [0.1, 0.15) is 4.90 Å². The molecule has 2 N–H and O–H groups in total. The quantitative estimate of drug-likeness (QED) is 0.745. The average molecular weight is 302 g/mol. The zero-order valence-electron chi connectivity index (χ0n) is 12.6. The summed E-state index contributed by atoms with van der Waals surface area (Å²) in [6.07, 6.45) is 4.92. The Balaban J connectivity index is 2.92. The van der Waals surface area contributed by atoms with Gasteiger partial charge in [-0.2, -0.15) is 9.40 Å². The Morgan fingerprint density at radius 3 is 2.50 bits per heavy atom. The molecule has 0 saturated heterocycles. The van der Waals surface area contributed by atoms with Crippen molar-refractivity contribution in [3.63, 3.8) is 0 Å². The van der Waals surface area contributed by atoms with E-state index >= 15 is 0 Å². The lowest BCUT2D eigenvalue weighted by Gasteiger charge is -2.24. The van der Waals surface area contributed by atoms with Crippen LogP contribution in [0.5, 0.6) is 0 Å². The molecule has 1 heterocycles. The number of aromatic nitrogens is 2. The molecule has 0 radical (unpaired) electrons. The molecule has 0 aromatic carbocycles. The summed E-state index contributed by atoms with van der Waals surface area (Å²) in [7, 11) is -3.45. The summed E-state index contributed by atoms with van der Waals surface area (Å²) in [6.45, 7) is 8.04. The first-order chi connectivity index (χ1) is 9.49. The van der Waals surface area contributed by atoms with Crippen LogP contribution in [-0.2, 0) is 16.6 Å². The fraction of sp³-hybridized carbons (Fsp3) is 0.769. The summed E-state index contributed by atoms with van der Waals surface area (Å²) in [5.74, 6) is 0.392. The Bertz CT molecular complexity index is 494. The van der Waals surface area contributed by atoms with Crippen LogP contribution in [0.1, 0.15) is 33.6 Å². The molecule has 1 aromatic heterocycles. The lowest BCUT2D eigenvalue weighted by molar-refractivity contribution is 0.339. The van der Waals surface area contributed by atoms with Gasteiger partial charge in [0, 0.05) is 25.8 Å². The molecule has 116 valence electrons. The van der Waals surface area contributed by atoms with E-state index in [4.69, 9.17) is 5.73 Å². The van der Waals surface area contributed by atoms with Crippen molar-refractivity contribution in [3.8, 4) is 0 Å². The van der Waals surface area contributed by atoms with Crippen LogP contribution in [0.15, 0.2) is 17.3 Å². The van der Waals surface area contributed by atoms with Crippen molar-refractivity contribution in [2.75, 3.05) is 19.6 Å². The predicted molar refractivity (Wildman–Crippen MR) is 79.8 cm³/mol. The molecule has 0 amide bonds. The highest BCUT2D eigenvalue weighted by Crippen LogP contribution is 2.18. The Kier molecular flexibility index (Phi) is 6.64. The van der Waals surface area contributed by atoms with E-state index in [1.165, 1.54) is 10.5 Å². The van der Waals surface area contributed by atoms with Crippen molar-refractivity contribution in [1.29, 1.82) is 0 Å². The first-order valence-corrected chi connectivity index (χ1v) is 8.66. The highest BCUT2D eigenvalue weighted by molar-refractivity contribution is 7.89. The van der Waals surface area contributed by atoms with Gasteiger partial charge in [0.25, 0.3) is 0 Å². The van der Waals surface area contributed by atoms with Crippen molar-refractivity contribution >= 4 is 10.0 Å². The molecule has 0 atom stereocenters. The van der Waals surface area contributed by atoms with E-state index in [9.17, 15) is 8.42 Å². The normalized spacial score (nSPS) is 12.5. The molecule has 0 spiro atoms. The van der Waals surface area contributed by atoms with Gasteiger partial charge in [-0.1, -0.05) is 33.6 Å². The van der Waals surface area contributed by atoms with Gasteiger partial charge in [0.2, 0.25) is 10.0 Å². The van der Waals surface area contributed by atoms with Crippen molar-refractivity contribution in [3.05, 3.63) is 12.4 Å². The number of nitrogens with zero attached hydrogens (tertiary/aromatic N) is 3. The van der Waals surface area contributed by atoms with Gasteiger partial charge in [0.05, 0.1) is 12.7 Å². The minimum absolute atomic E-state index is 0.249. The van der Waals surface area contributed by atoms with Crippen molar-refractivity contribution < 1.29 is 8.42 Å². The van der Waals surface area contributed by atoms with E-state index in [0.29, 0.717) is 32.1 Å². The zero-order valence-corrected chi connectivity index (χ0v) is 13.4. The summed E-state index contributed by atoms with van der Waals surface area (Å²) in [5, 5.41) is 4.04. The van der Waals surface area contributed by atoms with Gasteiger partial charge in [0.15, 0.2) is 0 Å². The van der Waals surface area contributed by atoms with Gasteiger partial charge in [-0.3, -0.25) is 4.68 Å². The van der Waals surface area contributed by atoms with E-state index in [2.05, 4.69) is 18.9 Å². The highest BCUT2D eigenvalue weighted by atomic mass is 32.2. The summed E-state index contributed by atoms with van der Waals surface area (Å²) in [6, 6.07) is 0. The average Bonchev–Trinajstić information content (AvgIpc) is 2.90. The SMILES string of the molecule is CCC(CC)CN(CC)S(=O)(=O)c1cnn(CCN)c1. The molecule has 1 aromatic rings. The molecule has 0 fully saturated rings. The molecule has 20 heavy (non-hydrogen) atoms. The number of rotatable bonds is 9. The van der Waals surface area contributed by atoms with E-state index in [1.54, 1.807) is 10.9 Å². The van der Waals surface area contributed by atoms with Crippen molar-refractivity contribution in [2.45, 2.75) is 45.1 Å². The van der Waals surface area contributed by atoms with Crippen LogP contribution in [0, 0.1) is 5.92 Å². The van der Waals surface area contributed by atoms with Gasteiger partial charge >= 0.3 is 0 Å². The number of nitrogens with two attached hydrogens (primary N) is 1. The van der Waals surface area contributed by atoms with Gasteiger partial charge in [-0.05, 0) is 5.92 Å². The van der Waals surface area contributed by atoms with Crippen LogP contribution in [0.4, 0.5) is 0 Å². The summed E-state index contributed by atoms with van der Waals surface area (Å²) < 4.78 is 28.3. The Morgan fingerprint density at radius 2 is 2.00 bits per heavy atom. The summed E-state index contributed by atoms with van der Waals surface area (Å²) in [4.78, 5) is 0.249. The van der Waals surface area contributed by atoms with E-state index in [-0.39, 0.29) is 4.90 Å². The monoisotopic (exact) mass is 302 g/mol. The second kappa shape index (κ2) is 7.75. The van der Waals surface area contributed by atoms with Crippen LogP contribution >= 0.6 is 0 Å². The maximum atomic E-state index is 12.6. The smallest absolute Gasteiger partial charge is 0.246 e. The van der Waals surface area contributed by atoms with E-state index < -0.39 is 10.0 Å². The molecule has 0 aliphatic heterocycles. The second-order valence-corrected chi connectivity index (χ2v) is 6.80. The minimum Gasteiger partial charge on any atom is -0.329 e. The first-order valence-electron chi connectivity index (χ1n) is 7.22.